The zero-order chi connectivity index (χ0) is 18.1. The van der Waals surface area contributed by atoms with Crippen LogP contribution in [-0.2, 0) is 24.2 Å². The fourth-order valence-corrected chi connectivity index (χ4v) is 5.51. The summed E-state index contributed by atoms with van der Waals surface area (Å²) >= 11 is 3.31. The largest absolute Gasteiger partial charge is 0.351 e. The Morgan fingerprint density at radius 3 is 2.88 bits per heavy atom. The van der Waals surface area contributed by atoms with Crippen molar-refractivity contribution in [3.63, 3.8) is 0 Å². The lowest BCUT2D eigenvalue weighted by Gasteiger charge is -2.12. The molecule has 0 spiro atoms. The fourth-order valence-electron chi connectivity index (χ4n) is 3.25. The first-order valence-electron chi connectivity index (χ1n) is 8.87. The molecule has 0 saturated heterocycles. The van der Waals surface area contributed by atoms with Crippen molar-refractivity contribution in [2.45, 2.75) is 49.9 Å². The molecule has 1 aliphatic carbocycles. The van der Waals surface area contributed by atoms with Crippen molar-refractivity contribution >= 4 is 39.2 Å². The molecule has 3 aromatic rings. The van der Waals surface area contributed by atoms with E-state index in [0.29, 0.717) is 6.54 Å². The third-order valence-electron chi connectivity index (χ3n) is 4.71. The lowest BCUT2D eigenvalue weighted by atomic mass is 10.1. The Labute approximate surface area is 161 Å². The maximum atomic E-state index is 12.5. The predicted octanol–water partition coefficient (Wildman–Crippen LogP) is 4.29. The number of aryl methyl sites for hydroxylation is 3. The molecule has 4 nitrogen and oxygen atoms in total. The van der Waals surface area contributed by atoms with E-state index < -0.39 is 0 Å². The Morgan fingerprint density at radius 1 is 1.27 bits per heavy atom. The van der Waals surface area contributed by atoms with E-state index in [1.54, 1.807) is 17.7 Å². The van der Waals surface area contributed by atoms with Crippen LogP contribution in [0.5, 0.6) is 0 Å². The molecule has 134 valence electrons. The number of amides is 1. The van der Waals surface area contributed by atoms with E-state index in [2.05, 4.69) is 46.5 Å². The summed E-state index contributed by atoms with van der Waals surface area (Å²) in [5, 5.41) is 4.95. The number of carbonyl (C=O) groups is 1. The van der Waals surface area contributed by atoms with Crippen LogP contribution in [0, 0.1) is 6.92 Å². The molecule has 0 bridgehead atoms. The van der Waals surface area contributed by atoms with E-state index in [-0.39, 0.29) is 11.2 Å². The van der Waals surface area contributed by atoms with Crippen LogP contribution in [0.15, 0.2) is 35.6 Å². The number of hydrogen-bond donors (Lipinski definition) is 1. The van der Waals surface area contributed by atoms with Crippen LogP contribution in [0.1, 0.15) is 34.9 Å². The zero-order valence-electron chi connectivity index (χ0n) is 14.9. The first kappa shape index (κ1) is 17.5. The van der Waals surface area contributed by atoms with Gasteiger partial charge in [0.15, 0.2) is 0 Å². The molecule has 1 aliphatic rings. The summed E-state index contributed by atoms with van der Waals surface area (Å²) in [6.45, 7) is 4.55. The van der Waals surface area contributed by atoms with Gasteiger partial charge in [0.25, 0.3) is 0 Å². The van der Waals surface area contributed by atoms with Crippen LogP contribution < -0.4 is 5.32 Å². The minimum Gasteiger partial charge on any atom is -0.351 e. The van der Waals surface area contributed by atoms with Gasteiger partial charge in [-0.3, -0.25) is 4.79 Å². The highest BCUT2D eigenvalue weighted by Crippen LogP contribution is 2.40. The molecule has 0 saturated carbocycles. The average Bonchev–Trinajstić information content (AvgIpc) is 3.22. The SMILES string of the molecule is Cc1ccc(CNC(=O)[C@H](C)Sc2ncnc3sc4c(c23)CCC4)cc1. The van der Waals surface area contributed by atoms with Crippen molar-refractivity contribution in [3.05, 3.63) is 52.2 Å². The van der Waals surface area contributed by atoms with Gasteiger partial charge in [-0.05, 0) is 44.2 Å². The fraction of sp³-hybridized carbons (Fsp3) is 0.350. The number of carbonyl (C=O) groups excluding carboxylic acids is 1. The van der Waals surface area contributed by atoms with Gasteiger partial charge in [-0.15, -0.1) is 11.3 Å². The summed E-state index contributed by atoms with van der Waals surface area (Å²) in [5.41, 5.74) is 3.74. The molecule has 2 aromatic heterocycles. The van der Waals surface area contributed by atoms with Crippen LogP contribution in [0.25, 0.3) is 10.2 Å². The number of thiophene rings is 1. The van der Waals surface area contributed by atoms with Crippen LogP contribution in [0.2, 0.25) is 0 Å². The average molecular weight is 384 g/mol. The lowest BCUT2D eigenvalue weighted by molar-refractivity contribution is -0.120. The highest BCUT2D eigenvalue weighted by molar-refractivity contribution is 8.00. The Hall–Kier alpha value is -1.92. The van der Waals surface area contributed by atoms with Crippen LogP contribution in [0.4, 0.5) is 0 Å². The van der Waals surface area contributed by atoms with E-state index >= 15 is 0 Å². The summed E-state index contributed by atoms with van der Waals surface area (Å²) in [6, 6.07) is 8.23. The number of rotatable bonds is 5. The number of fused-ring (bicyclic) bond motifs is 3. The second kappa shape index (κ2) is 7.37. The van der Waals surface area contributed by atoms with Crippen molar-refractivity contribution in [2.24, 2.45) is 0 Å². The van der Waals surface area contributed by atoms with E-state index in [1.165, 1.54) is 39.6 Å². The molecule has 26 heavy (non-hydrogen) atoms. The second-order valence-corrected chi connectivity index (χ2v) is 9.09. The monoisotopic (exact) mass is 383 g/mol. The first-order valence-corrected chi connectivity index (χ1v) is 10.6. The van der Waals surface area contributed by atoms with Gasteiger partial charge in [0.05, 0.1) is 5.25 Å². The standard InChI is InChI=1S/C20H21N3OS2/c1-12-6-8-14(9-7-12)10-21-18(24)13(2)25-19-17-15-4-3-5-16(15)26-20(17)23-11-22-19/h6-9,11,13H,3-5,10H2,1-2H3,(H,21,24)/t13-/m0/s1. The summed E-state index contributed by atoms with van der Waals surface area (Å²) in [4.78, 5) is 23.9. The van der Waals surface area contributed by atoms with E-state index in [4.69, 9.17) is 0 Å². The molecule has 1 N–H and O–H groups in total. The number of hydrogen-bond acceptors (Lipinski definition) is 5. The quantitative estimate of drug-likeness (QED) is 0.528. The summed E-state index contributed by atoms with van der Waals surface area (Å²) < 4.78 is 0. The first-order chi connectivity index (χ1) is 12.6. The van der Waals surface area contributed by atoms with Crippen molar-refractivity contribution < 1.29 is 4.79 Å². The molecule has 4 rings (SSSR count). The van der Waals surface area contributed by atoms with Gasteiger partial charge in [0.2, 0.25) is 5.91 Å². The number of thioether (sulfide) groups is 1. The van der Waals surface area contributed by atoms with Gasteiger partial charge in [0, 0.05) is 16.8 Å². The Balaban J connectivity index is 1.46. The Bertz CT molecular complexity index is 950. The smallest absolute Gasteiger partial charge is 0.233 e. The molecule has 0 fully saturated rings. The lowest BCUT2D eigenvalue weighted by Crippen LogP contribution is -2.30. The van der Waals surface area contributed by atoms with Crippen LogP contribution >= 0.6 is 23.1 Å². The molecule has 0 unspecified atom stereocenters. The summed E-state index contributed by atoms with van der Waals surface area (Å²) in [7, 11) is 0. The Morgan fingerprint density at radius 2 is 2.08 bits per heavy atom. The molecule has 6 heteroatoms. The maximum absolute atomic E-state index is 12.5. The molecular formula is C20H21N3OS2. The second-order valence-electron chi connectivity index (χ2n) is 6.68. The summed E-state index contributed by atoms with van der Waals surface area (Å²) in [5.74, 6) is 0.0363. The maximum Gasteiger partial charge on any atom is 0.233 e. The molecule has 1 amide bonds. The van der Waals surface area contributed by atoms with Crippen molar-refractivity contribution in [1.29, 1.82) is 0 Å². The van der Waals surface area contributed by atoms with Gasteiger partial charge in [-0.25, -0.2) is 9.97 Å². The van der Waals surface area contributed by atoms with E-state index in [9.17, 15) is 4.79 Å². The van der Waals surface area contributed by atoms with Crippen molar-refractivity contribution in [2.75, 3.05) is 0 Å². The van der Waals surface area contributed by atoms with Gasteiger partial charge >= 0.3 is 0 Å². The molecule has 0 aliphatic heterocycles. The van der Waals surface area contributed by atoms with E-state index in [1.807, 2.05) is 6.92 Å². The van der Waals surface area contributed by atoms with Gasteiger partial charge < -0.3 is 5.32 Å². The van der Waals surface area contributed by atoms with Crippen LogP contribution in [0.3, 0.4) is 0 Å². The van der Waals surface area contributed by atoms with Gasteiger partial charge in [0.1, 0.15) is 16.2 Å². The van der Waals surface area contributed by atoms with Crippen molar-refractivity contribution in [3.8, 4) is 0 Å². The minimum absolute atomic E-state index is 0.0363. The highest BCUT2D eigenvalue weighted by Gasteiger charge is 2.23. The molecule has 2 heterocycles. The number of aromatic nitrogens is 2. The third kappa shape index (κ3) is 3.48. The zero-order valence-corrected chi connectivity index (χ0v) is 16.5. The van der Waals surface area contributed by atoms with Crippen LogP contribution in [-0.4, -0.2) is 21.1 Å². The minimum atomic E-state index is -0.199. The molecule has 1 atom stereocenters. The van der Waals surface area contributed by atoms with Gasteiger partial charge in [-0.1, -0.05) is 41.6 Å². The topological polar surface area (TPSA) is 54.9 Å². The molecule has 0 radical (unpaired) electrons. The number of benzene rings is 1. The molecular weight excluding hydrogens is 362 g/mol. The third-order valence-corrected chi connectivity index (χ3v) is 7.01. The summed E-state index contributed by atoms with van der Waals surface area (Å²) in [6.07, 6.45) is 5.08. The highest BCUT2D eigenvalue weighted by atomic mass is 32.2. The van der Waals surface area contributed by atoms with Gasteiger partial charge in [-0.2, -0.15) is 0 Å². The number of nitrogens with zero attached hydrogens (tertiary/aromatic N) is 2. The normalized spacial score (nSPS) is 14.4. The Kier molecular flexibility index (Phi) is 4.96. The molecule has 1 aromatic carbocycles. The number of nitrogens with one attached hydrogen (secondary N) is 1. The predicted molar refractivity (Wildman–Crippen MR) is 108 cm³/mol. The van der Waals surface area contributed by atoms with Crippen molar-refractivity contribution in [1.82, 2.24) is 15.3 Å². The van der Waals surface area contributed by atoms with E-state index in [0.717, 1.165) is 28.3 Å².